The molecule has 1 unspecified atom stereocenters. The fraction of sp³-hybridized carbons (Fsp3) is 0.538. The average Bonchev–Trinajstić information content (AvgIpc) is 2.28. The van der Waals surface area contributed by atoms with Gasteiger partial charge in [0.05, 0.1) is 12.4 Å². The van der Waals surface area contributed by atoms with Crippen molar-refractivity contribution in [2.75, 3.05) is 12.4 Å². The SMILES string of the molecule is Cc1cc(F)ccc1OCCC(C)CCS(N)(=O)=O. The summed E-state index contributed by atoms with van der Waals surface area (Å²) in [6.07, 6.45) is 1.25. The van der Waals surface area contributed by atoms with E-state index in [1.165, 1.54) is 12.1 Å². The molecule has 0 saturated heterocycles. The van der Waals surface area contributed by atoms with Crippen LogP contribution in [-0.4, -0.2) is 20.8 Å². The van der Waals surface area contributed by atoms with E-state index in [4.69, 9.17) is 9.88 Å². The van der Waals surface area contributed by atoms with Crippen LogP contribution in [0.5, 0.6) is 5.75 Å². The third-order valence-corrected chi connectivity index (χ3v) is 3.71. The molecule has 2 N–H and O–H groups in total. The highest BCUT2D eigenvalue weighted by Gasteiger charge is 2.09. The minimum absolute atomic E-state index is 0.0102. The van der Waals surface area contributed by atoms with Gasteiger partial charge in [0.25, 0.3) is 0 Å². The first-order valence-corrected chi connectivity index (χ1v) is 7.89. The highest BCUT2D eigenvalue weighted by atomic mass is 32.2. The van der Waals surface area contributed by atoms with Gasteiger partial charge in [-0.05, 0) is 49.4 Å². The summed E-state index contributed by atoms with van der Waals surface area (Å²) in [4.78, 5) is 0. The predicted octanol–water partition coefficient (Wildman–Crippen LogP) is 2.22. The van der Waals surface area contributed by atoms with Gasteiger partial charge < -0.3 is 4.74 Å². The highest BCUT2D eigenvalue weighted by Crippen LogP contribution is 2.19. The number of benzene rings is 1. The summed E-state index contributed by atoms with van der Waals surface area (Å²) in [5.74, 6) is 0.564. The second-order valence-electron chi connectivity index (χ2n) is 4.81. The van der Waals surface area contributed by atoms with E-state index in [2.05, 4.69) is 0 Å². The number of sulfonamides is 1. The van der Waals surface area contributed by atoms with E-state index in [1.807, 2.05) is 6.92 Å². The number of aryl methyl sites for hydroxylation is 1. The van der Waals surface area contributed by atoms with E-state index >= 15 is 0 Å². The monoisotopic (exact) mass is 289 g/mol. The molecule has 0 aliphatic heterocycles. The van der Waals surface area contributed by atoms with Gasteiger partial charge in [0.1, 0.15) is 11.6 Å². The molecule has 1 rings (SSSR count). The van der Waals surface area contributed by atoms with Gasteiger partial charge in [0.2, 0.25) is 10.0 Å². The lowest BCUT2D eigenvalue weighted by Gasteiger charge is -2.13. The van der Waals surface area contributed by atoms with Crippen molar-refractivity contribution in [3.8, 4) is 5.75 Å². The van der Waals surface area contributed by atoms with Crippen molar-refractivity contribution in [3.63, 3.8) is 0 Å². The predicted molar refractivity (Wildman–Crippen MR) is 73.0 cm³/mol. The largest absolute Gasteiger partial charge is 0.493 e. The van der Waals surface area contributed by atoms with Crippen LogP contribution >= 0.6 is 0 Å². The number of primary sulfonamides is 1. The number of halogens is 1. The van der Waals surface area contributed by atoms with Crippen LogP contribution in [0, 0.1) is 18.7 Å². The molecule has 19 heavy (non-hydrogen) atoms. The summed E-state index contributed by atoms with van der Waals surface area (Å²) < 4.78 is 40.1. The van der Waals surface area contributed by atoms with Gasteiger partial charge in [0, 0.05) is 0 Å². The minimum Gasteiger partial charge on any atom is -0.493 e. The zero-order valence-corrected chi connectivity index (χ0v) is 12.0. The topological polar surface area (TPSA) is 69.4 Å². The van der Waals surface area contributed by atoms with Crippen LogP contribution in [0.4, 0.5) is 4.39 Å². The number of rotatable bonds is 7. The van der Waals surface area contributed by atoms with E-state index in [0.717, 1.165) is 12.0 Å². The van der Waals surface area contributed by atoms with E-state index in [-0.39, 0.29) is 17.5 Å². The molecule has 6 heteroatoms. The second kappa shape index (κ2) is 6.86. The molecule has 1 atom stereocenters. The molecule has 1 aromatic rings. The summed E-state index contributed by atoms with van der Waals surface area (Å²) in [5.41, 5.74) is 0.747. The third kappa shape index (κ3) is 6.54. The standard InChI is InChI=1S/C13H20FNO3S/c1-10(6-8-19(15,16)17)5-7-18-13-4-3-12(14)9-11(13)2/h3-4,9-10H,5-8H2,1-2H3,(H2,15,16,17). The normalized spacial score (nSPS) is 13.3. The minimum atomic E-state index is -3.39. The van der Waals surface area contributed by atoms with Crippen molar-refractivity contribution in [1.82, 2.24) is 0 Å². The molecular weight excluding hydrogens is 269 g/mol. The van der Waals surface area contributed by atoms with E-state index in [1.54, 1.807) is 13.0 Å². The zero-order valence-electron chi connectivity index (χ0n) is 11.2. The average molecular weight is 289 g/mol. The molecule has 0 aromatic heterocycles. The Morgan fingerprint density at radius 3 is 2.63 bits per heavy atom. The summed E-state index contributed by atoms with van der Waals surface area (Å²) in [6, 6.07) is 4.37. The summed E-state index contributed by atoms with van der Waals surface area (Å²) >= 11 is 0. The highest BCUT2D eigenvalue weighted by molar-refractivity contribution is 7.89. The molecule has 4 nitrogen and oxygen atoms in total. The van der Waals surface area contributed by atoms with Gasteiger partial charge >= 0.3 is 0 Å². The Morgan fingerprint density at radius 2 is 2.05 bits per heavy atom. The van der Waals surface area contributed by atoms with Gasteiger partial charge in [-0.25, -0.2) is 17.9 Å². The van der Waals surface area contributed by atoms with Crippen LogP contribution in [0.2, 0.25) is 0 Å². The maximum absolute atomic E-state index is 12.9. The van der Waals surface area contributed by atoms with Crippen LogP contribution < -0.4 is 9.88 Å². The van der Waals surface area contributed by atoms with E-state index in [0.29, 0.717) is 18.8 Å². The molecule has 0 amide bonds. The fourth-order valence-electron chi connectivity index (χ4n) is 1.65. The molecule has 0 fully saturated rings. The Bertz CT molecular complexity index is 517. The number of hydrogen-bond donors (Lipinski definition) is 1. The maximum Gasteiger partial charge on any atom is 0.209 e. The molecule has 108 valence electrons. The summed E-state index contributed by atoms with van der Waals surface area (Å²) in [5, 5.41) is 4.94. The number of ether oxygens (including phenoxy) is 1. The van der Waals surface area contributed by atoms with Crippen molar-refractivity contribution in [1.29, 1.82) is 0 Å². The van der Waals surface area contributed by atoms with Gasteiger partial charge in [-0.2, -0.15) is 0 Å². The molecule has 0 bridgehead atoms. The first kappa shape index (κ1) is 15.9. The molecule has 0 aliphatic rings. The lowest BCUT2D eigenvalue weighted by Crippen LogP contribution is -2.18. The van der Waals surface area contributed by atoms with Crippen molar-refractivity contribution >= 4 is 10.0 Å². The van der Waals surface area contributed by atoms with Crippen LogP contribution in [0.25, 0.3) is 0 Å². The molecule has 1 aromatic carbocycles. The van der Waals surface area contributed by atoms with Gasteiger partial charge in [-0.15, -0.1) is 0 Å². The summed E-state index contributed by atoms with van der Waals surface area (Å²) in [6.45, 7) is 4.20. The van der Waals surface area contributed by atoms with Gasteiger partial charge in [-0.1, -0.05) is 6.92 Å². The van der Waals surface area contributed by atoms with Crippen molar-refractivity contribution < 1.29 is 17.5 Å². The zero-order chi connectivity index (χ0) is 14.5. The van der Waals surface area contributed by atoms with Gasteiger partial charge in [-0.3, -0.25) is 0 Å². The Balaban J connectivity index is 2.33. The summed E-state index contributed by atoms with van der Waals surface area (Å²) in [7, 11) is -3.39. The molecule has 0 saturated carbocycles. The second-order valence-corrected chi connectivity index (χ2v) is 6.54. The molecule has 0 spiro atoms. The van der Waals surface area contributed by atoms with Crippen molar-refractivity contribution in [2.24, 2.45) is 11.1 Å². The first-order chi connectivity index (χ1) is 8.78. The van der Waals surface area contributed by atoms with Crippen LogP contribution in [0.15, 0.2) is 18.2 Å². The van der Waals surface area contributed by atoms with E-state index < -0.39 is 10.0 Å². The molecular formula is C13H20FNO3S. The van der Waals surface area contributed by atoms with Crippen molar-refractivity contribution in [3.05, 3.63) is 29.6 Å². The maximum atomic E-state index is 12.9. The Hall–Kier alpha value is -1.14. The van der Waals surface area contributed by atoms with Crippen LogP contribution in [-0.2, 0) is 10.0 Å². The molecule has 0 heterocycles. The van der Waals surface area contributed by atoms with Crippen LogP contribution in [0.3, 0.4) is 0 Å². The Morgan fingerprint density at radius 1 is 1.37 bits per heavy atom. The number of hydrogen-bond acceptors (Lipinski definition) is 3. The smallest absolute Gasteiger partial charge is 0.209 e. The van der Waals surface area contributed by atoms with Gasteiger partial charge in [0.15, 0.2) is 0 Å². The molecule has 0 radical (unpaired) electrons. The lowest BCUT2D eigenvalue weighted by molar-refractivity contribution is 0.280. The third-order valence-electron chi connectivity index (χ3n) is 2.90. The molecule has 0 aliphatic carbocycles. The number of nitrogens with two attached hydrogens (primary N) is 1. The Labute approximate surface area is 113 Å². The lowest BCUT2D eigenvalue weighted by atomic mass is 10.1. The van der Waals surface area contributed by atoms with Crippen LogP contribution in [0.1, 0.15) is 25.3 Å². The first-order valence-electron chi connectivity index (χ1n) is 6.17. The quantitative estimate of drug-likeness (QED) is 0.836. The van der Waals surface area contributed by atoms with Crippen molar-refractivity contribution in [2.45, 2.75) is 26.7 Å². The Kier molecular flexibility index (Phi) is 5.75. The van der Waals surface area contributed by atoms with E-state index in [9.17, 15) is 12.8 Å². The fourth-order valence-corrected chi connectivity index (χ4v) is 2.39.